The number of nitriles is 1. The second kappa shape index (κ2) is 7.61. The number of rotatable bonds is 4. The van der Waals surface area contributed by atoms with Crippen LogP contribution in [0.5, 0.6) is 5.88 Å². The van der Waals surface area contributed by atoms with Gasteiger partial charge in [0.1, 0.15) is 29.9 Å². The summed E-state index contributed by atoms with van der Waals surface area (Å²) < 4.78 is 35.5. The van der Waals surface area contributed by atoms with E-state index >= 15 is 0 Å². The van der Waals surface area contributed by atoms with E-state index in [1.165, 1.54) is 0 Å². The smallest absolute Gasteiger partial charge is 0.234 e. The van der Waals surface area contributed by atoms with Gasteiger partial charge in [0.25, 0.3) is 0 Å². The fourth-order valence-corrected chi connectivity index (χ4v) is 5.68. The molecule has 1 aromatic heterocycles. The number of fused-ring (bicyclic) bond motifs is 2. The third kappa shape index (κ3) is 3.14. The van der Waals surface area contributed by atoms with E-state index in [0.29, 0.717) is 34.1 Å². The van der Waals surface area contributed by atoms with E-state index < -0.39 is 12.0 Å². The first-order valence-corrected chi connectivity index (χ1v) is 11.3. The summed E-state index contributed by atoms with van der Waals surface area (Å²) >= 11 is 3.24. The Bertz CT molecular complexity index is 1040. The van der Waals surface area contributed by atoms with Crippen molar-refractivity contribution in [1.82, 2.24) is 9.88 Å². The van der Waals surface area contributed by atoms with E-state index in [1.54, 1.807) is 12.1 Å². The van der Waals surface area contributed by atoms with Crippen molar-refractivity contribution in [3.05, 3.63) is 28.0 Å². The molecule has 0 N–H and O–H groups in total. The number of anilines is 1. The monoisotopic (exact) mass is 476 g/mol. The van der Waals surface area contributed by atoms with Crippen LogP contribution in [-0.2, 0) is 0 Å². The predicted molar refractivity (Wildman–Crippen MR) is 114 cm³/mol. The number of alkyl halides is 1. The molecule has 5 nitrogen and oxygen atoms in total. The molecule has 30 heavy (non-hydrogen) atoms. The quantitative estimate of drug-likeness (QED) is 0.646. The Morgan fingerprint density at radius 3 is 2.83 bits per heavy atom. The van der Waals surface area contributed by atoms with Crippen molar-refractivity contribution in [3.63, 3.8) is 0 Å². The minimum Gasteiger partial charge on any atom is -0.475 e. The van der Waals surface area contributed by atoms with Crippen LogP contribution in [0.1, 0.15) is 37.7 Å². The molecule has 2 aromatic rings. The standard InChI is InChI=1S/C22H23BrF2N4O/c23-17-5-4-15-19(18(17)25)27-21(16(11-26)20(15)28-7-1-2-8-28)30-13-22-6-3-9-29(22)12-14(24)10-22/h4-5,14H,1-3,6-10,12-13H2/t14-,22+/m1/s1. The molecule has 2 atom stereocenters. The number of ether oxygens (including phenoxy) is 1. The molecule has 3 fully saturated rings. The lowest BCUT2D eigenvalue weighted by Crippen LogP contribution is -2.43. The van der Waals surface area contributed by atoms with Gasteiger partial charge in [0.2, 0.25) is 5.88 Å². The van der Waals surface area contributed by atoms with Crippen molar-refractivity contribution in [2.75, 3.05) is 37.7 Å². The minimum atomic E-state index is -0.859. The molecular weight excluding hydrogens is 454 g/mol. The fourth-order valence-electron chi connectivity index (χ4n) is 5.36. The zero-order valence-electron chi connectivity index (χ0n) is 16.6. The first-order valence-electron chi connectivity index (χ1n) is 10.5. The first kappa shape index (κ1) is 20.0. The second-order valence-corrected chi connectivity index (χ2v) is 9.42. The summed E-state index contributed by atoms with van der Waals surface area (Å²) in [5.74, 6) is -0.319. The number of aromatic nitrogens is 1. The summed E-state index contributed by atoms with van der Waals surface area (Å²) in [7, 11) is 0. The summed E-state index contributed by atoms with van der Waals surface area (Å²) in [6.07, 6.45) is 3.50. The van der Waals surface area contributed by atoms with Crippen molar-refractivity contribution < 1.29 is 13.5 Å². The molecule has 0 amide bonds. The Morgan fingerprint density at radius 1 is 1.27 bits per heavy atom. The molecule has 8 heteroatoms. The number of benzene rings is 1. The number of pyridine rings is 1. The number of hydrogen-bond donors (Lipinski definition) is 0. The van der Waals surface area contributed by atoms with Crippen LogP contribution in [0, 0.1) is 17.1 Å². The molecule has 3 saturated heterocycles. The van der Waals surface area contributed by atoms with Gasteiger partial charge < -0.3 is 9.64 Å². The van der Waals surface area contributed by atoms with Crippen LogP contribution in [0.2, 0.25) is 0 Å². The average Bonchev–Trinajstić information content (AvgIpc) is 3.44. The highest BCUT2D eigenvalue weighted by Crippen LogP contribution is 2.42. The van der Waals surface area contributed by atoms with Gasteiger partial charge in [-0.2, -0.15) is 5.26 Å². The molecule has 0 saturated carbocycles. The Kier molecular flexibility index (Phi) is 5.06. The maximum absolute atomic E-state index is 15.0. The molecule has 0 aliphatic carbocycles. The summed E-state index contributed by atoms with van der Waals surface area (Å²) in [5, 5.41) is 10.6. The maximum Gasteiger partial charge on any atom is 0.234 e. The van der Waals surface area contributed by atoms with E-state index in [1.807, 2.05) is 0 Å². The second-order valence-electron chi connectivity index (χ2n) is 8.57. The van der Waals surface area contributed by atoms with E-state index in [0.717, 1.165) is 45.3 Å². The molecular formula is C22H23BrF2N4O. The largest absolute Gasteiger partial charge is 0.475 e. The van der Waals surface area contributed by atoms with Crippen LogP contribution in [-0.4, -0.2) is 54.4 Å². The number of halogens is 3. The summed E-state index contributed by atoms with van der Waals surface area (Å²) in [4.78, 5) is 8.72. The zero-order valence-corrected chi connectivity index (χ0v) is 18.2. The molecule has 1 aromatic carbocycles. The predicted octanol–water partition coefficient (Wildman–Crippen LogP) is 4.56. The van der Waals surface area contributed by atoms with Gasteiger partial charge in [-0.3, -0.25) is 4.90 Å². The summed E-state index contributed by atoms with van der Waals surface area (Å²) in [6.45, 7) is 3.18. The Morgan fingerprint density at radius 2 is 2.07 bits per heavy atom. The molecule has 3 aliphatic heterocycles. The van der Waals surface area contributed by atoms with Crippen LogP contribution in [0.4, 0.5) is 14.5 Å². The molecule has 0 unspecified atom stereocenters. The van der Waals surface area contributed by atoms with Crippen LogP contribution in [0.25, 0.3) is 10.9 Å². The van der Waals surface area contributed by atoms with Gasteiger partial charge in [-0.1, -0.05) is 0 Å². The van der Waals surface area contributed by atoms with Gasteiger partial charge in [-0.15, -0.1) is 0 Å². The van der Waals surface area contributed by atoms with Crippen molar-refractivity contribution in [2.45, 2.75) is 43.8 Å². The van der Waals surface area contributed by atoms with E-state index in [9.17, 15) is 14.0 Å². The molecule has 3 aliphatic rings. The van der Waals surface area contributed by atoms with Crippen molar-refractivity contribution in [2.24, 2.45) is 0 Å². The molecule has 158 valence electrons. The average molecular weight is 477 g/mol. The molecule has 4 heterocycles. The van der Waals surface area contributed by atoms with Crippen LogP contribution in [0.15, 0.2) is 16.6 Å². The molecule has 5 rings (SSSR count). The van der Waals surface area contributed by atoms with Crippen molar-refractivity contribution in [1.29, 1.82) is 5.26 Å². The maximum atomic E-state index is 15.0. The van der Waals surface area contributed by atoms with Crippen molar-refractivity contribution in [3.8, 4) is 11.9 Å². The van der Waals surface area contributed by atoms with Gasteiger partial charge in [0, 0.05) is 31.4 Å². The lowest BCUT2D eigenvalue weighted by atomic mass is 9.95. The van der Waals surface area contributed by atoms with Gasteiger partial charge in [0.15, 0.2) is 5.82 Å². The summed E-state index contributed by atoms with van der Waals surface area (Å²) in [6, 6.07) is 5.71. The zero-order chi connectivity index (χ0) is 20.9. The van der Waals surface area contributed by atoms with E-state index in [-0.39, 0.29) is 23.5 Å². The normalized spacial score (nSPS) is 26.3. The van der Waals surface area contributed by atoms with Gasteiger partial charge in [-0.05, 0) is 60.3 Å². The number of hydrogen-bond acceptors (Lipinski definition) is 5. The highest BCUT2D eigenvalue weighted by Gasteiger charge is 2.49. The van der Waals surface area contributed by atoms with Crippen molar-refractivity contribution >= 4 is 32.5 Å². The lowest BCUT2D eigenvalue weighted by Gasteiger charge is -2.31. The highest BCUT2D eigenvalue weighted by atomic mass is 79.9. The SMILES string of the molecule is N#Cc1c(OC[C@@]23CCCN2C[C@H](F)C3)nc2c(F)c(Br)ccc2c1N1CCCC1. The lowest BCUT2D eigenvalue weighted by molar-refractivity contribution is 0.110. The molecule has 0 radical (unpaired) electrons. The Hall–Kier alpha value is -1.98. The van der Waals surface area contributed by atoms with Crippen LogP contribution < -0.4 is 9.64 Å². The van der Waals surface area contributed by atoms with Crippen LogP contribution >= 0.6 is 15.9 Å². The number of nitrogens with zero attached hydrogens (tertiary/aromatic N) is 4. The van der Waals surface area contributed by atoms with Crippen LogP contribution in [0.3, 0.4) is 0 Å². The first-order chi connectivity index (χ1) is 14.5. The molecule has 0 bridgehead atoms. The highest BCUT2D eigenvalue weighted by molar-refractivity contribution is 9.10. The van der Waals surface area contributed by atoms with E-state index in [4.69, 9.17) is 4.74 Å². The van der Waals surface area contributed by atoms with Gasteiger partial charge >= 0.3 is 0 Å². The third-order valence-electron chi connectivity index (χ3n) is 6.76. The van der Waals surface area contributed by atoms with Gasteiger partial charge in [0.05, 0.1) is 15.7 Å². The topological polar surface area (TPSA) is 52.4 Å². The fraction of sp³-hybridized carbons (Fsp3) is 0.545. The Labute approximate surface area is 182 Å². The third-order valence-corrected chi connectivity index (χ3v) is 7.37. The van der Waals surface area contributed by atoms with E-state index in [2.05, 4.69) is 36.8 Å². The van der Waals surface area contributed by atoms with Gasteiger partial charge in [-0.25, -0.2) is 13.8 Å². The Balaban J connectivity index is 1.59. The minimum absolute atomic E-state index is 0.146. The molecule has 0 spiro atoms. The summed E-state index contributed by atoms with van der Waals surface area (Å²) in [5.41, 5.74) is 0.863.